The summed E-state index contributed by atoms with van der Waals surface area (Å²) in [4.78, 5) is 15.8. The van der Waals surface area contributed by atoms with Crippen LogP contribution in [0.4, 0.5) is 0 Å². The highest BCUT2D eigenvalue weighted by atomic mass is 15.0. The van der Waals surface area contributed by atoms with Crippen molar-refractivity contribution in [3.8, 4) is 48.8 Å². The van der Waals surface area contributed by atoms with Crippen molar-refractivity contribution >= 4 is 11.0 Å². The Bertz CT molecular complexity index is 1290. The maximum absolute atomic E-state index is 4.63. The number of aromatic amines is 2. The van der Waals surface area contributed by atoms with Crippen LogP contribution in [0.1, 0.15) is 49.5 Å². The van der Waals surface area contributed by atoms with Crippen LogP contribution in [-0.4, -0.2) is 33.0 Å². The Labute approximate surface area is 214 Å². The van der Waals surface area contributed by atoms with Crippen LogP contribution in [0.25, 0.3) is 22.3 Å². The number of rotatable bonds is 9. The van der Waals surface area contributed by atoms with Gasteiger partial charge in [0.05, 0.1) is 36.0 Å². The molecule has 0 radical (unpaired) electrons. The number of hydrogen-bond donors (Lipinski definition) is 4. The average Bonchev–Trinajstić information content (AvgIpc) is 3.57. The molecule has 2 heterocycles. The first kappa shape index (κ1) is 28.0. The molecular weight excluding hydrogens is 444 g/mol. The summed E-state index contributed by atoms with van der Waals surface area (Å²) in [6.07, 6.45) is 20.1. The van der Waals surface area contributed by atoms with E-state index in [1.807, 2.05) is 30.5 Å². The van der Waals surface area contributed by atoms with E-state index in [1.54, 1.807) is 0 Å². The Morgan fingerprint density at radius 1 is 0.778 bits per heavy atom. The van der Waals surface area contributed by atoms with E-state index in [1.165, 1.54) is 0 Å². The van der Waals surface area contributed by atoms with Crippen molar-refractivity contribution in [3.05, 3.63) is 71.4 Å². The largest absolute Gasteiger partial charge is 0.341 e. The van der Waals surface area contributed by atoms with Gasteiger partial charge in [0.15, 0.2) is 0 Å². The maximum atomic E-state index is 4.63. The quantitative estimate of drug-likeness (QED) is 0.205. The highest BCUT2D eigenvalue weighted by Gasteiger charge is 2.04. The number of hydrogen-bond acceptors (Lipinski definition) is 4. The molecule has 6 heteroatoms. The van der Waals surface area contributed by atoms with Gasteiger partial charge in [-0.2, -0.15) is 0 Å². The zero-order chi connectivity index (χ0) is 26.2. The number of benzene rings is 2. The number of nitrogens with one attached hydrogen (secondary N) is 4. The third kappa shape index (κ3) is 8.19. The fourth-order valence-electron chi connectivity index (χ4n) is 3.47. The van der Waals surface area contributed by atoms with Gasteiger partial charge in [-0.1, -0.05) is 37.8 Å². The number of imidazole rings is 2. The molecule has 0 unspecified atom stereocenters. The van der Waals surface area contributed by atoms with Gasteiger partial charge >= 0.3 is 0 Å². The zero-order valence-electron chi connectivity index (χ0n) is 21.1. The summed E-state index contributed by atoms with van der Waals surface area (Å²) in [7, 11) is 0. The first-order chi connectivity index (χ1) is 17.7. The highest BCUT2D eigenvalue weighted by Crippen LogP contribution is 2.18. The summed E-state index contributed by atoms with van der Waals surface area (Å²) in [5, 5.41) is 6.73. The molecule has 0 aliphatic carbocycles. The van der Waals surface area contributed by atoms with E-state index < -0.39 is 0 Å². The third-order valence-corrected chi connectivity index (χ3v) is 5.14. The van der Waals surface area contributed by atoms with Gasteiger partial charge in [0.25, 0.3) is 0 Å². The Morgan fingerprint density at radius 2 is 1.39 bits per heavy atom. The first-order valence-corrected chi connectivity index (χ1v) is 12.0. The fourth-order valence-corrected chi connectivity index (χ4v) is 3.47. The minimum absolute atomic E-state index is 0.753. The molecule has 4 aromatic rings. The van der Waals surface area contributed by atoms with Crippen molar-refractivity contribution in [1.29, 1.82) is 0 Å². The van der Waals surface area contributed by atoms with Gasteiger partial charge < -0.3 is 20.6 Å². The topological polar surface area (TPSA) is 81.4 Å². The highest BCUT2D eigenvalue weighted by molar-refractivity contribution is 5.77. The second kappa shape index (κ2) is 15.6. The summed E-state index contributed by atoms with van der Waals surface area (Å²) >= 11 is 0. The van der Waals surface area contributed by atoms with E-state index in [-0.39, 0.29) is 0 Å². The van der Waals surface area contributed by atoms with E-state index in [4.69, 9.17) is 0 Å². The zero-order valence-corrected chi connectivity index (χ0v) is 21.1. The molecule has 0 bridgehead atoms. The molecule has 0 aliphatic heterocycles. The fraction of sp³-hybridized carbons (Fsp3) is 0.267. The standard InChI is InChI=1S/C26H30N6.2C2H2/c1-3-13-27-17-25-29-16-24(32-25)21-10-7-19(8-11-21)5-6-20-9-12-22-23(15-20)31-26(30-22)18-28-14-4-2;2*1-2/h7-12,15-16,27-28H,3-4,13-14,17-18H2,1-2H3,(H,29,32)(H,30,31);2*1-2H. The molecule has 0 fully saturated rings. The molecule has 2 aromatic heterocycles. The van der Waals surface area contributed by atoms with Gasteiger partial charge in [0.1, 0.15) is 11.6 Å². The lowest BCUT2D eigenvalue weighted by Crippen LogP contribution is -2.14. The van der Waals surface area contributed by atoms with Gasteiger partial charge in [0, 0.05) is 11.1 Å². The summed E-state index contributed by atoms with van der Waals surface area (Å²) in [6, 6.07) is 14.4. The van der Waals surface area contributed by atoms with Crippen LogP contribution < -0.4 is 10.6 Å². The van der Waals surface area contributed by atoms with Crippen molar-refractivity contribution in [2.45, 2.75) is 39.8 Å². The maximum Gasteiger partial charge on any atom is 0.121 e. The number of H-pyrrole nitrogens is 2. The molecule has 0 atom stereocenters. The van der Waals surface area contributed by atoms with Crippen molar-refractivity contribution in [2.24, 2.45) is 0 Å². The molecule has 6 nitrogen and oxygen atoms in total. The number of nitrogens with zero attached hydrogens (tertiary/aromatic N) is 2. The summed E-state index contributed by atoms with van der Waals surface area (Å²) in [5.74, 6) is 8.44. The number of terminal acetylenes is 2. The van der Waals surface area contributed by atoms with Crippen LogP contribution in [0.5, 0.6) is 0 Å². The van der Waals surface area contributed by atoms with E-state index in [0.717, 1.165) is 84.1 Å². The van der Waals surface area contributed by atoms with Crippen molar-refractivity contribution in [3.63, 3.8) is 0 Å². The molecule has 0 spiro atoms. The van der Waals surface area contributed by atoms with Crippen LogP contribution in [0.3, 0.4) is 0 Å². The molecule has 184 valence electrons. The smallest absolute Gasteiger partial charge is 0.121 e. The first-order valence-electron chi connectivity index (χ1n) is 12.0. The van der Waals surface area contributed by atoms with Crippen molar-refractivity contribution in [1.82, 2.24) is 30.6 Å². The molecular formula is C30H34N6. The minimum atomic E-state index is 0.753. The predicted molar refractivity (Wildman–Crippen MR) is 150 cm³/mol. The number of fused-ring (bicyclic) bond motifs is 1. The summed E-state index contributed by atoms with van der Waals surface area (Å²) < 4.78 is 0. The molecule has 2 aromatic carbocycles. The summed E-state index contributed by atoms with van der Waals surface area (Å²) in [5.41, 5.74) is 6.06. The predicted octanol–water partition coefficient (Wildman–Crippen LogP) is 4.85. The average molecular weight is 479 g/mol. The van der Waals surface area contributed by atoms with E-state index in [2.05, 4.69) is 100 Å². The van der Waals surface area contributed by atoms with Crippen molar-refractivity contribution < 1.29 is 0 Å². The molecule has 4 rings (SSSR count). The summed E-state index contributed by atoms with van der Waals surface area (Å²) in [6.45, 7) is 7.81. The monoisotopic (exact) mass is 478 g/mol. The van der Waals surface area contributed by atoms with Crippen LogP contribution in [-0.2, 0) is 13.1 Å². The second-order valence-corrected chi connectivity index (χ2v) is 7.84. The molecule has 36 heavy (non-hydrogen) atoms. The Hall–Kier alpha value is -4.28. The van der Waals surface area contributed by atoms with Gasteiger partial charge in [-0.05, 0) is 61.8 Å². The van der Waals surface area contributed by atoms with Crippen LogP contribution >= 0.6 is 0 Å². The SMILES string of the molecule is C#C.C#C.CCCNCc1ncc(-c2ccc(C#Cc3ccc4nc(CNCCC)[nH]c4c3)cc2)[nH]1. The molecule has 0 amide bonds. The molecule has 0 aliphatic rings. The lowest BCUT2D eigenvalue weighted by molar-refractivity contribution is 0.655. The minimum Gasteiger partial charge on any atom is -0.341 e. The number of aromatic nitrogens is 4. The third-order valence-electron chi connectivity index (χ3n) is 5.14. The van der Waals surface area contributed by atoms with Crippen LogP contribution in [0, 0.1) is 37.5 Å². The lowest BCUT2D eigenvalue weighted by atomic mass is 10.1. The molecule has 4 N–H and O–H groups in total. The van der Waals surface area contributed by atoms with E-state index in [0.29, 0.717) is 0 Å². The van der Waals surface area contributed by atoms with Gasteiger partial charge in [-0.15, -0.1) is 25.7 Å². The van der Waals surface area contributed by atoms with E-state index >= 15 is 0 Å². The lowest BCUT2D eigenvalue weighted by Gasteiger charge is -2.00. The Balaban J connectivity index is 0.00000109. The van der Waals surface area contributed by atoms with Crippen LogP contribution in [0.2, 0.25) is 0 Å². The second-order valence-electron chi connectivity index (χ2n) is 7.84. The van der Waals surface area contributed by atoms with Gasteiger partial charge in [0.2, 0.25) is 0 Å². The normalized spacial score (nSPS) is 9.83. The van der Waals surface area contributed by atoms with Gasteiger partial charge in [-0.3, -0.25) is 0 Å². The Kier molecular flexibility index (Phi) is 12.1. The molecule has 0 saturated heterocycles. The van der Waals surface area contributed by atoms with Crippen LogP contribution in [0.15, 0.2) is 48.7 Å². The van der Waals surface area contributed by atoms with Crippen molar-refractivity contribution in [2.75, 3.05) is 13.1 Å². The Morgan fingerprint density at radius 3 is 2.06 bits per heavy atom. The molecule has 0 saturated carbocycles. The van der Waals surface area contributed by atoms with Gasteiger partial charge in [-0.25, -0.2) is 9.97 Å². The van der Waals surface area contributed by atoms with E-state index in [9.17, 15) is 0 Å².